The van der Waals surface area contributed by atoms with E-state index in [2.05, 4.69) is 91.5 Å². The lowest BCUT2D eigenvalue weighted by atomic mass is 9.72. The van der Waals surface area contributed by atoms with E-state index in [4.69, 9.17) is 0 Å². The summed E-state index contributed by atoms with van der Waals surface area (Å²) in [4.78, 5) is 0. The van der Waals surface area contributed by atoms with Gasteiger partial charge in [-0.2, -0.15) is 0 Å². The predicted molar refractivity (Wildman–Crippen MR) is 122 cm³/mol. The molecule has 1 heteroatoms. The van der Waals surface area contributed by atoms with E-state index in [0.717, 1.165) is 25.7 Å². The zero-order valence-electron chi connectivity index (χ0n) is 17.7. The quantitative estimate of drug-likeness (QED) is 0.329. The fraction of sp³-hybridized carbons (Fsp3) is 0.207. The first-order valence-electron chi connectivity index (χ1n) is 11.0. The second-order valence-corrected chi connectivity index (χ2v) is 8.86. The zero-order valence-corrected chi connectivity index (χ0v) is 17.7. The Bertz CT molecular complexity index is 1310. The highest BCUT2D eigenvalue weighted by Crippen LogP contribution is 2.43. The van der Waals surface area contributed by atoms with Gasteiger partial charge in [0, 0.05) is 12.1 Å². The molecule has 146 valence electrons. The number of hydrogen-bond acceptors (Lipinski definition) is 0. The Kier molecular flexibility index (Phi) is 3.92. The lowest BCUT2D eigenvalue weighted by Crippen LogP contribution is -2.31. The standard InChI is InChI=1S/C29H26N/c1-19-24-15-20-9-3-4-10-21(20)16-25(24)26-17-22-11-5-6-12-23(22)18-27(26)29(19)28-13-7-8-14-30(28)2/h3-14H,15-18H2,1-2H3/q+1. The normalized spacial score (nSPS) is 13.8. The summed E-state index contributed by atoms with van der Waals surface area (Å²) in [5.41, 5.74) is 16.5. The average Bonchev–Trinajstić information content (AvgIpc) is 2.78. The van der Waals surface area contributed by atoms with Crippen molar-refractivity contribution < 1.29 is 4.57 Å². The molecule has 0 bridgehead atoms. The summed E-state index contributed by atoms with van der Waals surface area (Å²) in [5.74, 6) is 0. The topological polar surface area (TPSA) is 3.88 Å². The molecule has 6 rings (SSSR count). The Balaban J connectivity index is 1.65. The van der Waals surface area contributed by atoms with Crippen molar-refractivity contribution in [3.8, 4) is 11.3 Å². The van der Waals surface area contributed by atoms with Crippen LogP contribution >= 0.6 is 0 Å². The fourth-order valence-corrected chi connectivity index (χ4v) is 5.68. The van der Waals surface area contributed by atoms with Gasteiger partial charge in [-0.05, 0) is 88.7 Å². The molecule has 0 saturated heterocycles. The molecular weight excluding hydrogens is 362 g/mol. The minimum atomic E-state index is 1.03. The maximum Gasteiger partial charge on any atom is 0.212 e. The SMILES string of the molecule is Cc1c2c(c3c(c1-c1cccc[n+]1C)Cc1ccccc1C3)Cc1ccccc1C2. The summed E-state index contributed by atoms with van der Waals surface area (Å²) in [6.07, 6.45) is 6.38. The molecule has 3 aromatic carbocycles. The van der Waals surface area contributed by atoms with Gasteiger partial charge in [-0.3, -0.25) is 0 Å². The summed E-state index contributed by atoms with van der Waals surface area (Å²) in [5, 5.41) is 0. The Morgan fingerprint density at radius 1 is 0.567 bits per heavy atom. The minimum Gasteiger partial charge on any atom is -0.201 e. The Morgan fingerprint density at radius 3 is 1.60 bits per heavy atom. The van der Waals surface area contributed by atoms with E-state index in [9.17, 15) is 0 Å². The van der Waals surface area contributed by atoms with Crippen LogP contribution in [0.4, 0.5) is 0 Å². The van der Waals surface area contributed by atoms with E-state index in [1.165, 1.54) is 39.1 Å². The molecule has 30 heavy (non-hydrogen) atoms. The first kappa shape index (κ1) is 17.7. The van der Waals surface area contributed by atoms with Gasteiger partial charge in [0.2, 0.25) is 5.69 Å². The van der Waals surface area contributed by atoms with Crippen LogP contribution in [0, 0.1) is 6.92 Å². The highest BCUT2D eigenvalue weighted by atomic mass is 14.9. The van der Waals surface area contributed by atoms with Gasteiger partial charge in [-0.1, -0.05) is 48.5 Å². The lowest BCUT2D eigenvalue weighted by molar-refractivity contribution is -0.660. The van der Waals surface area contributed by atoms with Gasteiger partial charge < -0.3 is 0 Å². The molecule has 0 unspecified atom stereocenters. The predicted octanol–water partition coefficient (Wildman–Crippen LogP) is 5.48. The van der Waals surface area contributed by atoms with E-state index < -0.39 is 0 Å². The highest BCUT2D eigenvalue weighted by Gasteiger charge is 2.31. The first-order valence-corrected chi connectivity index (χ1v) is 11.0. The van der Waals surface area contributed by atoms with E-state index in [0.29, 0.717) is 0 Å². The number of hydrogen-bond donors (Lipinski definition) is 0. The number of pyridine rings is 1. The molecule has 0 aliphatic heterocycles. The summed E-state index contributed by atoms with van der Waals surface area (Å²) in [7, 11) is 2.17. The van der Waals surface area contributed by atoms with Gasteiger partial charge in [0.1, 0.15) is 7.05 Å². The van der Waals surface area contributed by atoms with Crippen molar-refractivity contribution >= 4 is 0 Å². The Labute approximate surface area is 178 Å². The smallest absolute Gasteiger partial charge is 0.201 e. The maximum absolute atomic E-state index is 2.36. The maximum atomic E-state index is 2.36. The molecule has 2 aliphatic rings. The van der Waals surface area contributed by atoms with Gasteiger partial charge in [0.25, 0.3) is 0 Å². The largest absolute Gasteiger partial charge is 0.212 e. The van der Waals surface area contributed by atoms with Crippen LogP contribution in [0.15, 0.2) is 72.9 Å². The van der Waals surface area contributed by atoms with Crippen LogP contribution in [0.2, 0.25) is 0 Å². The monoisotopic (exact) mass is 388 g/mol. The first-order chi connectivity index (χ1) is 14.7. The third kappa shape index (κ3) is 2.58. The minimum absolute atomic E-state index is 1.03. The summed E-state index contributed by atoms with van der Waals surface area (Å²) in [6, 6.07) is 24.6. The van der Waals surface area contributed by atoms with Crippen LogP contribution < -0.4 is 4.57 Å². The van der Waals surface area contributed by atoms with E-state index >= 15 is 0 Å². The average molecular weight is 389 g/mol. The Morgan fingerprint density at radius 2 is 1.03 bits per heavy atom. The number of nitrogens with zero attached hydrogens (tertiary/aromatic N) is 1. The van der Waals surface area contributed by atoms with Crippen molar-refractivity contribution in [3.63, 3.8) is 0 Å². The number of rotatable bonds is 1. The number of benzene rings is 3. The van der Waals surface area contributed by atoms with E-state index in [-0.39, 0.29) is 0 Å². The van der Waals surface area contributed by atoms with Crippen LogP contribution in [0.1, 0.15) is 50.1 Å². The molecule has 0 spiro atoms. The van der Waals surface area contributed by atoms with Gasteiger partial charge in [0.05, 0.1) is 5.56 Å². The molecule has 4 aromatic rings. The van der Waals surface area contributed by atoms with Crippen molar-refractivity contribution in [2.75, 3.05) is 0 Å². The summed E-state index contributed by atoms with van der Waals surface area (Å²) in [6.45, 7) is 2.36. The Hall–Kier alpha value is -3.19. The van der Waals surface area contributed by atoms with Crippen LogP contribution in [-0.2, 0) is 32.7 Å². The molecule has 0 N–H and O–H groups in total. The number of aryl methyl sites for hydroxylation is 1. The van der Waals surface area contributed by atoms with Gasteiger partial charge in [-0.15, -0.1) is 0 Å². The van der Waals surface area contributed by atoms with Gasteiger partial charge in [0.15, 0.2) is 6.20 Å². The zero-order chi connectivity index (χ0) is 20.2. The lowest BCUT2D eigenvalue weighted by Gasteiger charge is -2.31. The van der Waals surface area contributed by atoms with Gasteiger partial charge in [-0.25, -0.2) is 4.57 Å². The van der Waals surface area contributed by atoms with Crippen molar-refractivity contribution in [3.05, 3.63) is 123 Å². The third-order valence-electron chi connectivity index (χ3n) is 7.24. The van der Waals surface area contributed by atoms with Crippen molar-refractivity contribution in [2.24, 2.45) is 7.05 Å². The molecule has 0 saturated carbocycles. The second-order valence-electron chi connectivity index (χ2n) is 8.86. The molecule has 2 aliphatic carbocycles. The van der Waals surface area contributed by atoms with E-state index in [1.807, 2.05) is 0 Å². The molecule has 0 atom stereocenters. The molecule has 0 radical (unpaired) electrons. The molecule has 0 fully saturated rings. The molecular formula is C29H26N+. The fourth-order valence-electron chi connectivity index (χ4n) is 5.68. The van der Waals surface area contributed by atoms with Crippen molar-refractivity contribution in [1.29, 1.82) is 0 Å². The molecule has 0 amide bonds. The van der Waals surface area contributed by atoms with Crippen LogP contribution in [0.3, 0.4) is 0 Å². The van der Waals surface area contributed by atoms with E-state index in [1.54, 1.807) is 22.3 Å². The van der Waals surface area contributed by atoms with Gasteiger partial charge >= 0.3 is 0 Å². The van der Waals surface area contributed by atoms with Crippen molar-refractivity contribution in [2.45, 2.75) is 32.6 Å². The van der Waals surface area contributed by atoms with Crippen molar-refractivity contribution in [1.82, 2.24) is 0 Å². The molecule has 1 nitrogen and oxygen atoms in total. The van der Waals surface area contributed by atoms with Crippen LogP contribution in [0.25, 0.3) is 11.3 Å². The summed E-state index contributed by atoms with van der Waals surface area (Å²) < 4.78 is 2.28. The third-order valence-corrected chi connectivity index (χ3v) is 7.24. The molecule has 1 heterocycles. The highest BCUT2D eigenvalue weighted by molar-refractivity contribution is 5.75. The number of aromatic nitrogens is 1. The molecule has 1 aromatic heterocycles. The van der Waals surface area contributed by atoms with Crippen LogP contribution in [-0.4, -0.2) is 0 Å². The number of fused-ring (bicyclic) bond motifs is 5. The van der Waals surface area contributed by atoms with Crippen LogP contribution in [0.5, 0.6) is 0 Å². The summed E-state index contributed by atoms with van der Waals surface area (Å²) >= 11 is 0. The second kappa shape index (κ2) is 6.67.